The van der Waals surface area contributed by atoms with Gasteiger partial charge in [0.2, 0.25) is 10.7 Å². The maximum Gasteiger partial charge on any atom is 0.235 e. The highest BCUT2D eigenvalue weighted by Crippen LogP contribution is 2.44. The first kappa shape index (κ1) is 15.6. The molecular formula is C22H24NS+. The second-order valence-corrected chi connectivity index (χ2v) is 7.97. The zero-order chi connectivity index (χ0) is 16.7. The van der Waals surface area contributed by atoms with Crippen LogP contribution in [0.2, 0.25) is 0 Å². The summed E-state index contributed by atoms with van der Waals surface area (Å²) < 4.78 is 2.66. The average molecular weight is 335 g/mol. The fourth-order valence-electron chi connectivity index (χ4n) is 4.26. The summed E-state index contributed by atoms with van der Waals surface area (Å²) in [6, 6.07) is 19.8. The van der Waals surface area contributed by atoms with Gasteiger partial charge >= 0.3 is 0 Å². The lowest BCUT2D eigenvalue weighted by Crippen LogP contribution is -2.60. The van der Waals surface area contributed by atoms with E-state index in [2.05, 4.69) is 79.9 Å². The molecule has 0 unspecified atom stereocenters. The van der Waals surface area contributed by atoms with Crippen molar-refractivity contribution in [2.75, 3.05) is 0 Å². The molecule has 0 spiro atoms. The Hall–Kier alpha value is -1.93. The highest BCUT2D eigenvalue weighted by atomic mass is 32.1. The van der Waals surface area contributed by atoms with Crippen molar-refractivity contribution in [1.29, 1.82) is 0 Å². The van der Waals surface area contributed by atoms with Crippen LogP contribution in [0.1, 0.15) is 37.3 Å². The van der Waals surface area contributed by atoms with E-state index in [1.54, 1.807) is 0 Å². The van der Waals surface area contributed by atoms with Gasteiger partial charge in [-0.3, -0.25) is 0 Å². The smallest absolute Gasteiger partial charge is 0.180 e. The number of aryl methyl sites for hydroxylation is 1. The molecule has 0 fully saturated rings. The molecule has 2 heterocycles. The van der Waals surface area contributed by atoms with Crippen molar-refractivity contribution in [3.63, 3.8) is 0 Å². The predicted molar refractivity (Wildman–Crippen MR) is 102 cm³/mol. The van der Waals surface area contributed by atoms with E-state index in [9.17, 15) is 0 Å². The minimum atomic E-state index is 0.206. The number of hydrogen-bond acceptors (Lipinski definition) is 1. The Morgan fingerprint density at radius 2 is 1.62 bits per heavy atom. The lowest BCUT2D eigenvalue weighted by molar-refractivity contribution is -0.759. The van der Waals surface area contributed by atoms with Gasteiger partial charge in [-0.1, -0.05) is 73.7 Å². The van der Waals surface area contributed by atoms with E-state index in [4.69, 9.17) is 0 Å². The molecule has 0 amide bonds. The number of fused-ring (bicyclic) bond motifs is 3. The van der Waals surface area contributed by atoms with Crippen LogP contribution in [0.5, 0.6) is 0 Å². The Kier molecular flexibility index (Phi) is 3.80. The highest BCUT2D eigenvalue weighted by Gasteiger charge is 2.47. The molecule has 0 bridgehead atoms. The quantitative estimate of drug-likeness (QED) is 0.537. The monoisotopic (exact) mass is 334 g/mol. The van der Waals surface area contributed by atoms with Crippen molar-refractivity contribution >= 4 is 11.3 Å². The second kappa shape index (κ2) is 5.86. The minimum Gasteiger partial charge on any atom is -0.180 e. The molecule has 0 saturated heterocycles. The molecule has 4 rings (SSSR count). The Balaban J connectivity index is 2.07. The Morgan fingerprint density at radius 3 is 2.33 bits per heavy atom. The Morgan fingerprint density at radius 1 is 0.958 bits per heavy atom. The van der Waals surface area contributed by atoms with Crippen molar-refractivity contribution in [3.05, 3.63) is 65.2 Å². The van der Waals surface area contributed by atoms with Crippen LogP contribution < -0.4 is 4.57 Å². The Bertz CT molecular complexity index is 872. The van der Waals surface area contributed by atoms with Gasteiger partial charge in [-0.2, -0.15) is 4.57 Å². The normalized spacial score (nSPS) is 15.0. The van der Waals surface area contributed by atoms with Crippen molar-refractivity contribution in [1.82, 2.24) is 0 Å². The summed E-state index contributed by atoms with van der Waals surface area (Å²) in [6.45, 7) is 6.97. The van der Waals surface area contributed by atoms with Crippen LogP contribution in [-0.2, 0) is 12.0 Å². The summed E-state index contributed by atoms with van der Waals surface area (Å²) >= 11 is 1.94. The van der Waals surface area contributed by atoms with E-state index in [1.165, 1.54) is 45.1 Å². The summed E-state index contributed by atoms with van der Waals surface area (Å²) in [6.07, 6.45) is 3.47. The maximum absolute atomic E-state index is 2.66. The lowest BCUT2D eigenvalue weighted by atomic mass is 9.79. The van der Waals surface area contributed by atoms with Crippen molar-refractivity contribution in [2.45, 2.75) is 45.6 Å². The van der Waals surface area contributed by atoms with Crippen LogP contribution in [0.25, 0.3) is 21.7 Å². The fraction of sp³-hybridized carbons (Fsp3) is 0.318. The number of thiazole rings is 1. The van der Waals surface area contributed by atoms with E-state index >= 15 is 0 Å². The SMILES string of the molecule is CCC1(CC)Cc2ccccc2-c2c(-c3ccccc3)sc(C)[n+]21. The molecule has 0 radical (unpaired) electrons. The molecule has 122 valence electrons. The summed E-state index contributed by atoms with van der Waals surface area (Å²) in [5, 5.41) is 1.42. The molecule has 0 saturated carbocycles. The highest BCUT2D eigenvalue weighted by molar-refractivity contribution is 7.15. The first-order chi connectivity index (χ1) is 11.7. The van der Waals surface area contributed by atoms with Gasteiger partial charge in [-0.25, -0.2) is 0 Å². The molecule has 2 heteroatoms. The van der Waals surface area contributed by atoms with E-state index < -0.39 is 0 Å². The summed E-state index contributed by atoms with van der Waals surface area (Å²) in [7, 11) is 0. The number of rotatable bonds is 3. The topological polar surface area (TPSA) is 3.88 Å². The molecule has 0 aliphatic carbocycles. The summed E-state index contributed by atoms with van der Waals surface area (Å²) in [5.41, 5.74) is 5.87. The van der Waals surface area contributed by atoms with Gasteiger partial charge in [0.15, 0.2) is 5.54 Å². The third-order valence-electron chi connectivity index (χ3n) is 5.62. The second-order valence-electron chi connectivity index (χ2n) is 6.77. The number of hydrogen-bond donors (Lipinski definition) is 0. The zero-order valence-corrected chi connectivity index (χ0v) is 15.5. The zero-order valence-electron chi connectivity index (χ0n) is 14.7. The van der Waals surface area contributed by atoms with Gasteiger partial charge in [-0.15, -0.1) is 0 Å². The molecule has 0 N–H and O–H groups in total. The van der Waals surface area contributed by atoms with Crippen molar-refractivity contribution in [2.24, 2.45) is 0 Å². The fourth-order valence-corrected chi connectivity index (χ4v) is 5.48. The van der Waals surface area contributed by atoms with Gasteiger partial charge in [0.05, 0.1) is 5.56 Å². The minimum absolute atomic E-state index is 0.206. The van der Waals surface area contributed by atoms with Gasteiger partial charge in [0, 0.05) is 26.2 Å². The van der Waals surface area contributed by atoms with Crippen molar-refractivity contribution in [3.8, 4) is 21.7 Å². The van der Waals surface area contributed by atoms with E-state index in [0.717, 1.165) is 6.42 Å². The van der Waals surface area contributed by atoms with Crippen molar-refractivity contribution < 1.29 is 4.57 Å². The van der Waals surface area contributed by atoms with E-state index in [-0.39, 0.29) is 5.54 Å². The van der Waals surface area contributed by atoms with E-state index in [1.807, 2.05) is 11.3 Å². The van der Waals surface area contributed by atoms with Gasteiger partial charge < -0.3 is 0 Å². The van der Waals surface area contributed by atoms with Gasteiger partial charge in [0.25, 0.3) is 0 Å². The molecule has 0 atom stereocenters. The van der Waals surface area contributed by atoms with Crippen LogP contribution in [0, 0.1) is 6.92 Å². The standard InChI is InChI=1S/C22H24NS/c1-4-22(5-2)15-18-13-9-10-14-19(18)20-21(24-16(3)23(20)22)17-11-7-6-8-12-17/h6-14H,4-5,15H2,1-3H3/q+1. The van der Waals surface area contributed by atoms with Crippen LogP contribution >= 0.6 is 11.3 Å². The number of nitrogens with zero attached hydrogens (tertiary/aromatic N) is 1. The molecule has 24 heavy (non-hydrogen) atoms. The van der Waals surface area contributed by atoms with E-state index in [0.29, 0.717) is 0 Å². The third-order valence-corrected chi connectivity index (χ3v) is 6.73. The van der Waals surface area contributed by atoms with Crippen LogP contribution in [0.15, 0.2) is 54.6 Å². The maximum atomic E-state index is 2.66. The van der Waals surface area contributed by atoms with Crippen LogP contribution in [0.4, 0.5) is 0 Å². The molecule has 1 aliphatic rings. The third kappa shape index (κ3) is 2.16. The summed E-state index contributed by atoms with van der Waals surface area (Å²) in [4.78, 5) is 1.41. The molecular weight excluding hydrogens is 310 g/mol. The number of aromatic nitrogens is 1. The number of benzene rings is 2. The first-order valence-corrected chi connectivity index (χ1v) is 9.71. The van der Waals surface area contributed by atoms with Crippen LogP contribution in [0.3, 0.4) is 0 Å². The van der Waals surface area contributed by atoms with Gasteiger partial charge in [-0.05, 0) is 17.2 Å². The molecule has 2 aromatic carbocycles. The summed E-state index contributed by atoms with van der Waals surface area (Å²) in [5.74, 6) is 0. The molecule has 1 aliphatic heterocycles. The Labute approximate surface area is 148 Å². The average Bonchev–Trinajstić information content (AvgIpc) is 3.00. The first-order valence-electron chi connectivity index (χ1n) is 8.90. The molecule has 1 aromatic heterocycles. The molecule has 1 nitrogen and oxygen atoms in total. The largest absolute Gasteiger partial charge is 0.235 e. The lowest BCUT2D eigenvalue weighted by Gasteiger charge is -2.32. The van der Waals surface area contributed by atoms with Crippen LogP contribution in [-0.4, -0.2) is 0 Å². The predicted octanol–water partition coefficient (Wildman–Crippen LogP) is 5.75. The van der Waals surface area contributed by atoms with Gasteiger partial charge in [0.1, 0.15) is 4.88 Å². The molecule has 3 aromatic rings.